The monoisotopic (exact) mass is 390 g/mol. The molecule has 0 saturated heterocycles. The van der Waals surface area contributed by atoms with Gasteiger partial charge in [0.15, 0.2) is 0 Å². The van der Waals surface area contributed by atoms with Gasteiger partial charge in [-0.2, -0.15) is 13.2 Å². The first-order chi connectivity index (χ1) is 12.4. The van der Waals surface area contributed by atoms with Crippen molar-refractivity contribution in [2.24, 2.45) is 0 Å². The Balaban J connectivity index is -0.0000000503. The predicted octanol–water partition coefficient (Wildman–Crippen LogP) is 7.83. The number of halogens is 3. The molecule has 0 aliphatic rings. The second kappa shape index (κ2) is 49.7. The van der Waals surface area contributed by atoms with E-state index >= 15 is 0 Å². The Labute approximate surface area is 165 Å². The molecule has 2 nitrogen and oxygen atoms in total. The Bertz CT molecular complexity index is 135. The molecule has 0 atom stereocenters. The van der Waals surface area contributed by atoms with Crippen LogP contribution in [0.4, 0.5) is 13.2 Å². The zero-order valence-electron chi connectivity index (χ0n) is 20.0. The number of nitrogens with one attached hydrogen (secondary N) is 2. The molecule has 0 spiro atoms. The Morgan fingerprint density at radius 3 is 0.731 bits per heavy atom. The van der Waals surface area contributed by atoms with Crippen LogP contribution in [-0.4, -0.2) is 32.4 Å². The average Bonchev–Trinajstić information content (AvgIpc) is 2.68. The minimum absolute atomic E-state index is 0.729. The summed E-state index contributed by atoms with van der Waals surface area (Å²) in [6.07, 6.45) is 0.312. The molecule has 0 rings (SSSR count). The van der Waals surface area contributed by atoms with Gasteiger partial charge in [0, 0.05) is 6.42 Å². The molecule has 0 aromatic heterocycles. The predicted molar refractivity (Wildman–Crippen MR) is 117 cm³/mol. The first-order valence-corrected chi connectivity index (χ1v) is 10.9. The molecular weight excluding hydrogens is 337 g/mol. The van der Waals surface area contributed by atoms with Crippen LogP contribution in [0, 0.1) is 0 Å². The SMILES string of the molecule is CC.CC.CC.CCC(F)(F)F.CCCNCCC.CCCNCCC. The lowest BCUT2D eigenvalue weighted by Crippen LogP contribution is -2.14. The van der Waals surface area contributed by atoms with Gasteiger partial charge in [-0.3, -0.25) is 0 Å². The molecule has 0 aromatic carbocycles. The zero-order chi connectivity index (χ0) is 22.3. The molecular formula is C21H53F3N2. The molecule has 0 aromatic rings. The lowest BCUT2D eigenvalue weighted by Gasteiger charge is -1.96. The smallest absolute Gasteiger partial charge is 0.317 e. The van der Waals surface area contributed by atoms with E-state index in [1.165, 1.54) is 51.9 Å². The Morgan fingerprint density at radius 1 is 0.500 bits per heavy atom. The highest BCUT2D eigenvalue weighted by Crippen LogP contribution is 2.17. The van der Waals surface area contributed by atoms with Crippen molar-refractivity contribution in [2.45, 2.75) is 114 Å². The molecule has 0 bridgehead atoms. The Hall–Kier alpha value is -0.290. The lowest BCUT2D eigenvalue weighted by atomic mass is 10.4. The van der Waals surface area contributed by atoms with Crippen molar-refractivity contribution in [3.05, 3.63) is 0 Å². The van der Waals surface area contributed by atoms with Gasteiger partial charge in [0.25, 0.3) is 0 Å². The Kier molecular flexibility index (Phi) is 77.3. The van der Waals surface area contributed by atoms with Gasteiger partial charge in [-0.1, -0.05) is 76.2 Å². The van der Waals surface area contributed by atoms with Crippen molar-refractivity contribution in [2.75, 3.05) is 26.2 Å². The van der Waals surface area contributed by atoms with Crippen LogP contribution in [0.3, 0.4) is 0 Å². The van der Waals surface area contributed by atoms with E-state index < -0.39 is 12.6 Å². The molecule has 5 heteroatoms. The number of hydrogen-bond donors (Lipinski definition) is 2. The highest BCUT2D eigenvalue weighted by Gasteiger charge is 2.22. The number of alkyl halides is 3. The maximum atomic E-state index is 10.8. The Morgan fingerprint density at radius 2 is 0.654 bits per heavy atom. The van der Waals surface area contributed by atoms with Crippen molar-refractivity contribution in [1.82, 2.24) is 10.6 Å². The van der Waals surface area contributed by atoms with Crippen LogP contribution in [0.25, 0.3) is 0 Å². The molecule has 26 heavy (non-hydrogen) atoms. The third kappa shape index (κ3) is 107. The zero-order valence-corrected chi connectivity index (χ0v) is 20.0. The van der Waals surface area contributed by atoms with Crippen LogP contribution in [0.2, 0.25) is 0 Å². The second-order valence-electron chi connectivity index (χ2n) is 4.47. The van der Waals surface area contributed by atoms with Gasteiger partial charge in [-0.15, -0.1) is 0 Å². The molecule has 2 N–H and O–H groups in total. The van der Waals surface area contributed by atoms with Gasteiger partial charge in [0.2, 0.25) is 0 Å². The molecule has 0 unspecified atom stereocenters. The summed E-state index contributed by atoms with van der Waals surface area (Å²) in [6.45, 7) is 26.5. The summed E-state index contributed by atoms with van der Waals surface area (Å²) >= 11 is 0. The first kappa shape index (κ1) is 40.4. The van der Waals surface area contributed by atoms with E-state index in [0.29, 0.717) is 0 Å². The second-order valence-corrected chi connectivity index (χ2v) is 4.47. The fourth-order valence-electron chi connectivity index (χ4n) is 0.957. The van der Waals surface area contributed by atoms with E-state index in [0.717, 1.165) is 6.92 Å². The van der Waals surface area contributed by atoms with Gasteiger partial charge in [-0.25, -0.2) is 0 Å². The largest absolute Gasteiger partial charge is 0.388 e. The minimum atomic E-state index is -3.96. The third-order valence-electron chi connectivity index (χ3n) is 2.11. The summed E-state index contributed by atoms with van der Waals surface area (Å²) < 4.78 is 32.4. The summed E-state index contributed by atoms with van der Waals surface area (Å²) in [5.74, 6) is 0. The average molecular weight is 391 g/mol. The van der Waals surface area contributed by atoms with Crippen LogP contribution in [0.1, 0.15) is 108 Å². The van der Waals surface area contributed by atoms with E-state index in [4.69, 9.17) is 0 Å². The summed E-state index contributed by atoms with van der Waals surface area (Å²) in [6, 6.07) is 0. The third-order valence-corrected chi connectivity index (χ3v) is 2.11. The number of hydrogen-bond acceptors (Lipinski definition) is 2. The van der Waals surface area contributed by atoms with Crippen LogP contribution in [-0.2, 0) is 0 Å². The van der Waals surface area contributed by atoms with Crippen molar-refractivity contribution in [3.8, 4) is 0 Å². The van der Waals surface area contributed by atoms with E-state index in [-0.39, 0.29) is 0 Å². The summed E-state index contributed by atoms with van der Waals surface area (Å²) in [5.41, 5.74) is 0. The van der Waals surface area contributed by atoms with Crippen LogP contribution < -0.4 is 10.6 Å². The number of rotatable bonds is 8. The maximum Gasteiger partial charge on any atom is 0.388 e. The van der Waals surface area contributed by atoms with Crippen molar-refractivity contribution < 1.29 is 13.2 Å². The molecule has 168 valence electrons. The van der Waals surface area contributed by atoms with Gasteiger partial charge in [-0.05, 0) is 51.9 Å². The molecule has 0 amide bonds. The highest BCUT2D eigenvalue weighted by molar-refractivity contribution is 4.40. The summed E-state index contributed by atoms with van der Waals surface area (Å²) in [4.78, 5) is 0. The molecule has 0 aliphatic heterocycles. The van der Waals surface area contributed by atoms with Crippen molar-refractivity contribution in [1.29, 1.82) is 0 Å². The van der Waals surface area contributed by atoms with Crippen LogP contribution in [0.5, 0.6) is 0 Å². The first-order valence-electron chi connectivity index (χ1n) is 10.9. The van der Waals surface area contributed by atoms with E-state index in [9.17, 15) is 13.2 Å². The van der Waals surface area contributed by atoms with Gasteiger partial charge >= 0.3 is 6.18 Å². The fourth-order valence-corrected chi connectivity index (χ4v) is 0.957. The molecule has 0 fully saturated rings. The van der Waals surface area contributed by atoms with Crippen molar-refractivity contribution in [3.63, 3.8) is 0 Å². The standard InChI is InChI=1S/2C6H15N.C3H5F3.3C2H6/c2*1-3-5-7-6-4-2;1-2-3(4,5)6;3*1-2/h2*7H,3-6H2,1-2H3;2H2,1H3;3*1-2H3. The van der Waals surface area contributed by atoms with Gasteiger partial charge in [0.05, 0.1) is 0 Å². The maximum absolute atomic E-state index is 10.8. The fraction of sp³-hybridized carbons (Fsp3) is 1.00. The molecule has 0 saturated carbocycles. The molecule has 0 radical (unpaired) electrons. The minimum Gasteiger partial charge on any atom is -0.317 e. The van der Waals surface area contributed by atoms with Crippen LogP contribution in [0.15, 0.2) is 0 Å². The van der Waals surface area contributed by atoms with Crippen LogP contribution >= 0.6 is 0 Å². The van der Waals surface area contributed by atoms with E-state index in [2.05, 4.69) is 38.3 Å². The molecule has 0 aliphatic carbocycles. The van der Waals surface area contributed by atoms with Gasteiger partial charge < -0.3 is 10.6 Å². The quantitative estimate of drug-likeness (QED) is 0.413. The summed E-state index contributed by atoms with van der Waals surface area (Å²) in [7, 11) is 0. The lowest BCUT2D eigenvalue weighted by molar-refractivity contribution is -0.130. The summed E-state index contributed by atoms with van der Waals surface area (Å²) in [5, 5.41) is 6.57. The van der Waals surface area contributed by atoms with E-state index in [1.807, 2.05) is 41.5 Å². The highest BCUT2D eigenvalue weighted by atomic mass is 19.4. The normalized spacial score (nSPS) is 8.54. The topological polar surface area (TPSA) is 24.1 Å². The molecule has 0 heterocycles. The van der Waals surface area contributed by atoms with E-state index in [1.54, 1.807) is 0 Å². The van der Waals surface area contributed by atoms with Crippen molar-refractivity contribution >= 4 is 0 Å². The van der Waals surface area contributed by atoms with Gasteiger partial charge in [0.1, 0.15) is 0 Å².